The summed E-state index contributed by atoms with van der Waals surface area (Å²) in [6.07, 6.45) is 1.20. The molecule has 0 spiro atoms. The average molecular weight is 244 g/mol. The Balaban J connectivity index is 4.45. The molecule has 0 fully saturated rings. The van der Waals surface area contributed by atoms with E-state index in [2.05, 4.69) is 5.32 Å². The zero-order valence-corrected chi connectivity index (χ0v) is 11.1. The molecule has 0 aromatic carbocycles. The quantitative estimate of drug-likeness (QED) is 0.622. The highest BCUT2D eigenvalue weighted by atomic mass is 16.4. The first-order valence-electron chi connectivity index (χ1n) is 6.08. The van der Waals surface area contributed by atoms with Gasteiger partial charge in [-0.15, -0.1) is 0 Å². The van der Waals surface area contributed by atoms with E-state index in [9.17, 15) is 9.59 Å². The maximum absolute atomic E-state index is 11.7. The zero-order valence-electron chi connectivity index (χ0n) is 11.1. The number of amides is 1. The van der Waals surface area contributed by atoms with Gasteiger partial charge in [-0.25, -0.2) is 4.79 Å². The zero-order chi connectivity index (χ0) is 13.6. The summed E-state index contributed by atoms with van der Waals surface area (Å²) < 4.78 is 0. The molecule has 0 rings (SSSR count). The van der Waals surface area contributed by atoms with Crippen LogP contribution in [0.2, 0.25) is 0 Å². The highest BCUT2D eigenvalue weighted by molar-refractivity contribution is 5.86. The average Bonchev–Trinajstić information content (AvgIpc) is 2.25. The Hall–Kier alpha value is -1.10. The lowest BCUT2D eigenvalue weighted by molar-refractivity contribution is -0.142. The van der Waals surface area contributed by atoms with Crippen molar-refractivity contribution in [2.24, 2.45) is 17.6 Å². The van der Waals surface area contributed by atoms with E-state index in [1.165, 1.54) is 0 Å². The maximum Gasteiger partial charge on any atom is 0.326 e. The third kappa shape index (κ3) is 5.68. The van der Waals surface area contributed by atoms with Crippen molar-refractivity contribution < 1.29 is 14.7 Å². The third-order valence-corrected chi connectivity index (χ3v) is 2.88. The molecule has 0 aromatic rings. The first-order valence-corrected chi connectivity index (χ1v) is 6.08. The molecule has 0 bridgehead atoms. The van der Waals surface area contributed by atoms with E-state index in [4.69, 9.17) is 10.8 Å². The lowest BCUT2D eigenvalue weighted by Crippen LogP contribution is -2.51. The number of hydrogen-bond donors (Lipinski definition) is 3. The minimum atomic E-state index is -1.01. The highest BCUT2D eigenvalue weighted by Gasteiger charge is 2.26. The molecule has 5 heteroatoms. The van der Waals surface area contributed by atoms with Crippen LogP contribution in [0.1, 0.15) is 40.5 Å². The number of hydrogen-bond acceptors (Lipinski definition) is 3. The van der Waals surface area contributed by atoms with Crippen molar-refractivity contribution in [3.05, 3.63) is 0 Å². The van der Waals surface area contributed by atoms with Crippen LogP contribution in [0.5, 0.6) is 0 Å². The second-order valence-corrected chi connectivity index (χ2v) is 4.94. The Morgan fingerprint density at radius 1 is 1.29 bits per heavy atom. The van der Waals surface area contributed by atoms with Crippen molar-refractivity contribution in [2.45, 2.75) is 52.6 Å². The van der Waals surface area contributed by atoms with E-state index in [1.807, 2.05) is 27.7 Å². The standard InChI is InChI=1S/C12H24N2O3/c1-5-8(4)10(13)11(15)14-9(12(16)17)6-7(2)3/h7-10H,5-6,13H2,1-4H3,(H,14,15)(H,16,17)/t8-,9+,10+/m0/s1. The van der Waals surface area contributed by atoms with Gasteiger partial charge in [-0.3, -0.25) is 4.79 Å². The number of aliphatic carboxylic acids is 1. The molecule has 0 aromatic heterocycles. The van der Waals surface area contributed by atoms with Crippen LogP contribution in [-0.4, -0.2) is 29.1 Å². The molecule has 0 aliphatic carbocycles. The third-order valence-electron chi connectivity index (χ3n) is 2.88. The van der Waals surface area contributed by atoms with Crippen LogP contribution >= 0.6 is 0 Å². The Labute approximate surface area is 103 Å². The smallest absolute Gasteiger partial charge is 0.326 e. The summed E-state index contributed by atoms with van der Waals surface area (Å²) in [6, 6.07) is -1.49. The van der Waals surface area contributed by atoms with E-state index in [0.29, 0.717) is 6.42 Å². The number of rotatable bonds is 7. The molecule has 0 aliphatic rings. The van der Waals surface area contributed by atoms with Crippen molar-refractivity contribution in [2.75, 3.05) is 0 Å². The van der Waals surface area contributed by atoms with Crippen molar-refractivity contribution >= 4 is 11.9 Å². The van der Waals surface area contributed by atoms with Gasteiger partial charge in [-0.1, -0.05) is 34.1 Å². The summed E-state index contributed by atoms with van der Waals surface area (Å²) in [5.41, 5.74) is 5.75. The Morgan fingerprint density at radius 3 is 2.18 bits per heavy atom. The largest absolute Gasteiger partial charge is 0.480 e. The topological polar surface area (TPSA) is 92.4 Å². The molecule has 4 N–H and O–H groups in total. The van der Waals surface area contributed by atoms with E-state index >= 15 is 0 Å². The predicted octanol–water partition coefficient (Wildman–Crippen LogP) is 0.975. The lowest BCUT2D eigenvalue weighted by Gasteiger charge is -2.22. The summed E-state index contributed by atoms with van der Waals surface area (Å²) in [5, 5.41) is 11.5. The summed E-state index contributed by atoms with van der Waals surface area (Å²) in [4.78, 5) is 22.7. The molecular weight excluding hydrogens is 220 g/mol. The molecule has 3 atom stereocenters. The number of carboxylic acid groups (broad SMARTS) is 1. The van der Waals surface area contributed by atoms with Gasteiger partial charge in [0.2, 0.25) is 5.91 Å². The molecule has 5 nitrogen and oxygen atoms in total. The summed E-state index contributed by atoms with van der Waals surface area (Å²) >= 11 is 0. The summed E-state index contributed by atoms with van der Waals surface area (Å²) in [7, 11) is 0. The number of carboxylic acids is 1. The van der Waals surface area contributed by atoms with Crippen LogP contribution in [-0.2, 0) is 9.59 Å². The molecule has 0 radical (unpaired) electrons. The van der Waals surface area contributed by atoms with Crippen LogP contribution in [0.25, 0.3) is 0 Å². The van der Waals surface area contributed by atoms with E-state index in [0.717, 1.165) is 6.42 Å². The van der Waals surface area contributed by atoms with Gasteiger partial charge in [0.25, 0.3) is 0 Å². The predicted molar refractivity (Wildman–Crippen MR) is 66.5 cm³/mol. The van der Waals surface area contributed by atoms with Gasteiger partial charge in [0.1, 0.15) is 6.04 Å². The number of nitrogens with one attached hydrogen (secondary N) is 1. The van der Waals surface area contributed by atoms with Crippen molar-refractivity contribution in [3.63, 3.8) is 0 Å². The lowest BCUT2D eigenvalue weighted by atomic mass is 9.98. The van der Waals surface area contributed by atoms with Gasteiger partial charge in [-0.05, 0) is 18.3 Å². The molecule has 0 aliphatic heterocycles. The van der Waals surface area contributed by atoms with Crippen LogP contribution in [0.4, 0.5) is 0 Å². The van der Waals surface area contributed by atoms with Crippen molar-refractivity contribution in [3.8, 4) is 0 Å². The molecule has 1 amide bonds. The van der Waals surface area contributed by atoms with Gasteiger partial charge < -0.3 is 16.2 Å². The Kier molecular flexibility index (Phi) is 6.80. The van der Waals surface area contributed by atoms with Crippen LogP contribution in [0, 0.1) is 11.8 Å². The van der Waals surface area contributed by atoms with Crippen LogP contribution < -0.4 is 11.1 Å². The van der Waals surface area contributed by atoms with E-state index in [1.54, 1.807) is 0 Å². The molecule has 0 unspecified atom stereocenters. The highest BCUT2D eigenvalue weighted by Crippen LogP contribution is 2.08. The van der Waals surface area contributed by atoms with Gasteiger partial charge in [-0.2, -0.15) is 0 Å². The minimum absolute atomic E-state index is 0.0449. The monoisotopic (exact) mass is 244 g/mol. The second kappa shape index (κ2) is 7.27. The fourth-order valence-corrected chi connectivity index (χ4v) is 1.47. The van der Waals surface area contributed by atoms with Gasteiger partial charge in [0.15, 0.2) is 0 Å². The first kappa shape index (κ1) is 15.9. The fraction of sp³-hybridized carbons (Fsp3) is 0.833. The van der Waals surface area contributed by atoms with Crippen molar-refractivity contribution in [1.82, 2.24) is 5.32 Å². The maximum atomic E-state index is 11.7. The normalized spacial score (nSPS) is 16.4. The molecule has 0 heterocycles. The molecular formula is C12H24N2O3. The van der Waals surface area contributed by atoms with Crippen LogP contribution in [0.3, 0.4) is 0 Å². The number of carbonyl (C=O) groups excluding carboxylic acids is 1. The Morgan fingerprint density at radius 2 is 1.82 bits per heavy atom. The first-order chi connectivity index (χ1) is 7.79. The Bertz CT molecular complexity index is 266. The summed E-state index contributed by atoms with van der Waals surface area (Å²) in [6.45, 7) is 7.65. The van der Waals surface area contributed by atoms with E-state index in [-0.39, 0.29) is 17.7 Å². The van der Waals surface area contributed by atoms with Gasteiger partial charge in [0, 0.05) is 0 Å². The van der Waals surface area contributed by atoms with Crippen LogP contribution in [0.15, 0.2) is 0 Å². The second-order valence-electron chi connectivity index (χ2n) is 4.94. The van der Waals surface area contributed by atoms with Crippen molar-refractivity contribution in [1.29, 1.82) is 0 Å². The molecule has 0 saturated heterocycles. The SMILES string of the molecule is CC[C@H](C)[C@@H](N)C(=O)N[C@H](CC(C)C)C(=O)O. The van der Waals surface area contributed by atoms with E-state index < -0.39 is 18.1 Å². The summed E-state index contributed by atoms with van der Waals surface area (Å²) in [5.74, 6) is -1.14. The minimum Gasteiger partial charge on any atom is -0.480 e. The molecule has 0 saturated carbocycles. The number of carbonyl (C=O) groups is 2. The molecule has 17 heavy (non-hydrogen) atoms. The van der Waals surface area contributed by atoms with Gasteiger partial charge >= 0.3 is 5.97 Å². The number of nitrogens with two attached hydrogens (primary N) is 1. The fourth-order valence-electron chi connectivity index (χ4n) is 1.47. The molecule has 100 valence electrons. The van der Waals surface area contributed by atoms with Gasteiger partial charge in [0.05, 0.1) is 6.04 Å².